The average Bonchev–Trinajstić information content (AvgIpc) is 3.13. The van der Waals surface area contributed by atoms with Crippen molar-refractivity contribution in [2.45, 2.75) is 11.3 Å². The van der Waals surface area contributed by atoms with Gasteiger partial charge in [-0.1, -0.05) is 41.3 Å². The van der Waals surface area contributed by atoms with Gasteiger partial charge in [0.15, 0.2) is 10.3 Å². The molecule has 4 rings (SSSR count). The standard InChI is InChI=1S/C20H14F3N5O2S2/c21-20(22,23)11-4-3-5-12(8-11)28-15(24)9-16(29)27-19(28)31-10-17(30)26-18-25-13-6-1-2-7-14(13)32-18/h1-9H,10,24H2,(H,25,26,30). The predicted octanol–water partition coefficient (Wildman–Crippen LogP) is 4.17. The van der Waals surface area contributed by atoms with Crippen LogP contribution >= 0.6 is 23.1 Å². The van der Waals surface area contributed by atoms with Gasteiger partial charge >= 0.3 is 6.18 Å². The first-order chi connectivity index (χ1) is 15.2. The second-order valence-corrected chi connectivity index (χ2v) is 8.48. The zero-order chi connectivity index (χ0) is 22.9. The zero-order valence-corrected chi connectivity index (χ0v) is 17.7. The largest absolute Gasteiger partial charge is 0.416 e. The van der Waals surface area contributed by atoms with Gasteiger partial charge in [0.1, 0.15) is 5.82 Å². The maximum absolute atomic E-state index is 13.1. The Hall–Kier alpha value is -3.38. The number of fused-ring (bicyclic) bond motifs is 1. The molecule has 0 saturated heterocycles. The Labute approximate surface area is 187 Å². The number of anilines is 2. The number of alkyl halides is 3. The molecule has 12 heteroatoms. The van der Waals surface area contributed by atoms with Gasteiger partial charge < -0.3 is 11.1 Å². The smallest absolute Gasteiger partial charge is 0.385 e. The van der Waals surface area contributed by atoms with Crippen LogP contribution in [0.1, 0.15) is 5.56 Å². The first-order valence-corrected chi connectivity index (χ1v) is 10.9. The lowest BCUT2D eigenvalue weighted by Crippen LogP contribution is -2.19. The van der Waals surface area contributed by atoms with Crippen molar-refractivity contribution in [2.75, 3.05) is 16.8 Å². The Morgan fingerprint density at radius 3 is 2.66 bits per heavy atom. The third-order valence-electron chi connectivity index (χ3n) is 4.23. The number of thiazole rings is 1. The highest BCUT2D eigenvalue weighted by Gasteiger charge is 2.30. The molecule has 3 N–H and O–H groups in total. The van der Waals surface area contributed by atoms with E-state index in [0.717, 1.165) is 40.2 Å². The van der Waals surface area contributed by atoms with E-state index in [1.807, 2.05) is 24.3 Å². The van der Waals surface area contributed by atoms with Crippen molar-refractivity contribution in [3.63, 3.8) is 0 Å². The third kappa shape index (κ3) is 4.75. The first kappa shape index (κ1) is 21.8. The van der Waals surface area contributed by atoms with Gasteiger partial charge in [0.05, 0.1) is 27.2 Å². The molecule has 0 aliphatic carbocycles. The Balaban J connectivity index is 1.57. The van der Waals surface area contributed by atoms with Crippen LogP contribution in [-0.4, -0.2) is 26.2 Å². The minimum Gasteiger partial charge on any atom is -0.385 e. The van der Waals surface area contributed by atoms with Crippen LogP contribution in [-0.2, 0) is 11.0 Å². The molecular weight excluding hydrogens is 463 g/mol. The minimum atomic E-state index is -4.55. The van der Waals surface area contributed by atoms with Gasteiger partial charge in [-0.3, -0.25) is 14.2 Å². The van der Waals surface area contributed by atoms with Crippen molar-refractivity contribution >= 4 is 50.2 Å². The van der Waals surface area contributed by atoms with Crippen LogP contribution in [0, 0.1) is 0 Å². The summed E-state index contributed by atoms with van der Waals surface area (Å²) in [5.74, 6) is -0.676. The molecule has 0 aliphatic rings. The molecule has 0 aliphatic heterocycles. The number of benzene rings is 2. The Kier molecular flexibility index (Phi) is 5.89. The number of hydrogen-bond donors (Lipinski definition) is 2. The number of carbonyl (C=O) groups excluding carboxylic acids is 1. The van der Waals surface area contributed by atoms with Crippen molar-refractivity contribution in [1.82, 2.24) is 14.5 Å². The van der Waals surface area contributed by atoms with Crippen LogP contribution in [0.4, 0.5) is 24.1 Å². The average molecular weight is 477 g/mol. The van der Waals surface area contributed by atoms with Crippen LogP contribution < -0.4 is 16.6 Å². The van der Waals surface area contributed by atoms with Crippen LogP contribution in [0.25, 0.3) is 15.9 Å². The third-order valence-corrected chi connectivity index (χ3v) is 6.12. The van der Waals surface area contributed by atoms with Gasteiger partial charge in [0.2, 0.25) is 5.91 Å². The lowest BCUT2D eigenvalue weighted by atomic mass is 10.2. The van der Waals surface area contributed by atoms with Gasteiger partial charge in [-0.05, 0) is 30.3 Å². The number of halogens is 3. The predicted molar refractivity (Wildman–Crippen MR) is 118 cm³/mol. The summed E-state index contributed by atoms with van der Waals surface area (Å²) in [5, 5.41) is 3.08. The Morgan fingerprint density at radius 2 is 1.91 bits per heavy atom. The second-order valence-electron chi connectivity index (χ2n) is 6.51. The monoisotopic (exact) mass is 477 g/mol. The number of nitrogen functional groups attached to an aromatic ring is 1. The summed E-state index contributed by atoms with van der Waals surface area (Å²) in [7, 11) is 0. The molecule has 0 spiro atoms. The Morgan fingerprint density at radius 1 is 1.12 bits per heavy atom. The molecular formula is C20H14F3N5O2S2. The van der Waals surface area contributed by atoms with Gasteiger partial charge in [-0.25, -0.2) is 4.98 Å². The summed E-state index contributed by atoms with van der Waals surface area (Å²) in [6.45, 7) is 0. The summed E-state index contributed by atoms with van der Waals surface area (Å²) in [6, 6.07) is 12.9. The summed E-state index contributed by atoms with van der Waals surface area (Å²) in [5.41, 5.74) is 5.18. The molecule has 4 aromatic rings. The molecule has 0 unspecified atom stereocenters. The van der Waals surface area contributed by atoms with E-state index < -0.39 is 23.2 Å². The molecule has 2 heterocycles. The molecule has 0 radical (unpaired) electrons. The molecule has 7 nitrogen and oxygen atoms in total. The van der Waals surface area contributed by atoms with Crippen molar-refractivity contribution < 1.29 is 18.0 Å². The van der Waals surface area contributed by atoms with E-state index >= 15 is 0 Å². The first-order valence-electron chi connectivity index (χ1n) is 9.06. The van der Waals surface area contributed by atoms with E-state index in [2.05, 4.69) is 15.3 Å². The van der Waals surface area contributed by atoms with Crippen molar-refractivity contribution in [3.05, 3.63) is 70.5 Å². The fourth-order valence-corrected chi connectivity index (χ4v) is 4.58. The maximum atomic E-state index is 13.1. The molecule has 2 aromatic heterocycles. The summed E-state index contributed by atoms with van der Waals surface area (Å²) < 4.78 is 41.5. The van der Waals surface area contributed by atoms with E-state index in [9.17, 15) is 22.8 Å². The summed E-state index contributed by atoms with van der Waals surface area (Å²) in [4.78, 5) is 32.4. The van der Waals surface area contributed by atoms with E-state index in [0.29, 0.717) is 5.13 Å². The van der Waals surface area contributed by atoms with E-state index in [1.54, 1.807) is 0 Å². The SMILES string of the molecule is Nc1cc(=O)nc(SCC(=O)Nc2nc3ccccc3s2)n1-c1cccc(C(F)(F)F)c1. The fraction of sp³-hybridized carbons (Fsp3) is 0.100. The number of nitrogens with zero attached hydrogens (tertiary/aromatic N) is 3. The number of rotatable bonds is 5. The molecule has 0 fully saturated rings. The minimum absolute atomic E-state index is 0.00576. The van der Waals surface area contributed by atoms with E-state index in [1.165, 1.54) is 28.0 Å². The van der Waals surface area contributed by atoms with Gasteiger partial charge in [0.25, 0.3) is 5.56 Å². The van der Waals surface area contributed by atoms with Crippen LogP contribution in [0.5, 0.6) is 0 Å². The number of aromatic nitrogens is 3. The van der Waals surface area contributed by atoms with E-state index in [4.69, 9.17) is 5.73 Å². The van der Waals surface area contributed by atoms with Gasteiger partial charge in [-0.15, -0.1) is 0 Å². The van der Waals surface area contributed by atoms with Gasteiger partial charge in [-0.2, -0.15) is 18.2 Å². The van der Waals surface area contributed by atoms with Crippen LogP contribution in [0.15, 0.2) is 64.5 Å². The molecule has 1 amide bonds. The quantitative estimate of drug-likeness (QED) is 0.330. The van der Waals surface area contributed by atoms with Crippen molar-refractivity contribution in [2.24, 2.45) is 0 Å². The van der Waals surface area contributed by atoms with Crippen molar-refractivity contribution in [1.29, 1.82) is 0 Å². The number of nitrogens with two attached hydrogens (primary N) is 1. The van der Waals surface area contributed by atoms with Crippen LogP contribution in [0.2, 0.25) is 0 Å². The normalized spacial score (nSPS) is 11.6. The fourth-order valence-electron chi connectivity index (χ4n) is 2.87. The number of nitrogens with one attached hydrogen (secondary N) is 1. The second kappa shape index (κ2) is 8.63. The maximum Gasteiger partial charge on any atom is 0.416 e. The lowest BCUT2D eigenvalue weighted by Gasteiger charge is -2.16. The number of thioether (sulfide) groups is 1. The topological polar surface area (TPSA) is 103 Å². The Bertz CT molecular complexity index is 1330. The number of para-hydroxylation sites is 1. The highest BCUT2D eigenvalue weighted by molar-refractivity contribution is 7.99. The van der Waals surface area contributed by atoms with Crippen molar-refractivity contribution in [3.8, 4) is 5.69 Å². The molecule has 2 aromatic carbocycles. The summed E-state index contributed by atoms with van der Waals surface area (Å²) in [6.07, 6.45) is -4.55. The van der Waals surface area contributed by atoms with Gasteiger partial charge in [0, 0.05) is 6.07 Å². The highest BCUT2D eigenvalue weighted by Crippen LogP contribution is 2.32. The molecule has 32 heavy (non-hydrogen) atoms. The number of carbonyl (C=O) groups is 1. The highest BCUT2D eigenvalue weighted by atomic mass is 32.2. The molecule has 0 atom stereocenters. The summed E-state index contributed by atoms with van der Waals surface area (Å²) >= 11 is 2.18. The number of hydrogen-bond acceptors (Lipinski definition) is 7. The van der Waals surface area contributed by atoms with E-state index in [-0.39, 0.29) is 22.4 Å². The molecule has 164 valence electrons. The number of amides is 1. The van der Waals surface area contributed by atoms with Crippen LogP contribution in [0.3, 0.4) is 0 Å². The molecule has 0 saturated carbocycles. The lowest BCUT2D eigenvalue weighted by molar-refractivity contribution is -0.137. The zero-order valence-electron chi connectivity index (χ0n) is 16.1. The molecule has 0 bridgehead atoms.